The Morgan fingerprint density at radius 3 is 2.45 bits per heavy atom. The number of nitrogens with zero attached hydrogens (tertiary/aromatic N) is 1. The van der Waals surface area contributed by atoms with Gasteiger partial charge in [0.1, 0.15) is 0 Å². The number of benzene rings is 1. The van der Waals surface area contributed by atoms with Crippen LogP contribution in [0.5, 0.6) is 0 Å². The molecule has 1 aromatic rings. The summed E-state index contributed by atoms with van der Waals surface area (Å²) in [7, 11) is 0. The molecule has 0 unspecified atom stereocenters. The molecule has 0 aliphatic carbocycles. The molecule has 20 heavy (non-hydrogen) atoms. The largest absolute Gasteiger partial charge is 0.370 e. The summed E-state index contributed by atoms with van der Waals surface area (Å²) in [5, 5.41) is 0. The van der Waals surface area contributed by atoms with Gasteiger partial charge in [0, 0.05) is 37.2 Å². The van der Waals surface area contributed by atoms with E-state index >= 15 is 0 Å². The second kappa shape index (κ2) is 7.62. The second-order valence-corrected chi connectivity index (χ2v) is 5.19. The molecule has 0 bridgehead atoms. The summed E-state index contributed by atoms with van der Waals surface area (Å²) in [6.45, 7) is 5.34. The van der Waals surface area contributed by atoms with Crippen LogP contribution in [0.4, 0.5) is 8.78 Å². The normalized spacial score (nSPS) is 14.8. The minimum atomic E-state index is -2.42. The Morgan fingerprint density at radius 1 is 1.30 bits per heavy atom. The molecule has 1 aliphatic heterocycles. The van der Waals surface area contributed by atoms with Crippen LogP contribution in [-0.2, 0) is 32.7 Å². The molecule has 5 heteroatoms. The Balaban J connectivity index is 0.00000200. The number of alkyl halides is 2. The summed E-state index contributed by atoms with van der Waals surface area (Å²) in [5.41, 5.74) is 2.91. The number of halogens is 3. The zero-order valence-electron chi connectivity index (χ0n) is 11.0. The maximum atomic E-state index is 12.7. The minimum absolute atomic E-state index is 0. The van der Waals surface area contributed by atoms with Crippen molar-refractivity contribution in [3.8, 4) is 0 Å². The molecule has 0 saturated carbocycles. The zero-order valence-corrected chi connectivity index (χ0v) is 15.5. The van der Waals surface area contributed by atoms with Crippen LogP contribution in [0.3, 0.4) is 0 Å². The minimum Gasteiger partial charge on any atom is -0.370 e. The van der Waals surface area contributed by atoms with E-state index in [9.17, 15) is 8.78 Å². The molecule has 0 aromatic heterocycles. The van der Waals surface area contributed by atoms with Crippen LogP contribution in [0.2, 0.25) is 0 Å². The summed E-state index contributed by atoms with van der Waals surface area (Å²) in [5.74, 6) is 0. The SMILES string of the molecule is C=C1C(C)=C[C-]=C(c2ccc(Br)cc2)N1CC(F)F.[Y]. The van der Waals surface area contributed by atoms with Crippen molar-refractivity contribution < 1.29 is 41.5 Å². The van der Waals surface area contributed by atoms with Crippen LogP contribution < -0.4 is 0 Å². The standard InChI is InChI=1S/C15H13BrF2N.Y/c1-10-3-8-14(12-4-6-13(16)7-5-12)19(11(10)2)9-15(17)18;/h3-7,15H,2,9H2,1H3;/q-1;. The van der Waals surface area contributed by atoms with Crippen molar-refractivity contribution in [2.45, 2.75) is 13.3 Å². The van der Waals surface area contributed by atoms with Crippen LogP contribution in [0.25, 0.3) is 5.70 Å². The van der Waals surface area contributed by atoms with Gasteiger partial charge in [0.05, 0.1) is 6.54 Å². The van der Waals surface area contributed by atoms with Gasteiger partial charge in [-0.25, -0.2) is 8.78 Å². The summed E-state index contributed by atoms with van der Waals surface area (Å²) in [4.78, 5) is 1.52. The molecule has 1 aromatic carbocycles. The van der Waals surface area contributed by atoms with Gasteiger partial charge < -0.3 is 4.90 Å². The van der Waals surface area contributed by atoms with E-state index in [1.807, 2.05) is 31.2 Å². The Morgan fingerprint density at radius 2 is 1.90 bits per heavy atom. The molecule has 1 radical (unpaired) electrons. The van der Waals surface area contributed by atoms with Crippen LogP contribution >= 0.6 is 15.9 Å². The van der Waals surface area contributed by atoms with Gasteiger partial charge in [-0.15, -0.1) is 17.7 Å². The summed E-state index contributed by atoms with van der Waals surface area (Å²) >= 11 is 3.35. The molecule has 0 fully saturated rings. The molecule has 1 aliphatic rings. The van der Waals surface area contributed by atoms with Crippen molar-refractivity contribution in [2.24, 2.45) is 0 Å². The molecule has 0 spiro atoms. The third kappa shape index (κ3) is 4.09. The van der Waals surface area contributed by atoms with Crippen LogP contribution in [0, 0.1) is 6.08 Å². The number of hydrogen-bond donors (Lipinski definition) is 0. The van der Waals surface area contributed by atoms with Gasteiger partial charge in [-0.1, -0.05) is 52.8 Å². The first-order valence-corrected chi connectivity index (χ1v) is 6.59. The van der Waals surface area contributed by atoms with Crippen molar-refractivity contribution in [2.75, 3.05) is 6.54 Å². The van der Waals surface area contributed by atoms with Gasteiger partial charge in [-0.2, -0.15) is 12.2 Å². The van der Waals surface area contributed by atoms with E-state index in [1.54, 1.807) is 6.08 Å². The second-order valence-electron chi connectivity index (χ2n) is 4.28. The third-order valence-corrected chi connectivity index (χ3v) is 3.44. The maximum absolute atomic E-state index is 12.7. The third-order valence-electron chi connectivity index (χ3n) is 2.91. The average molecular weight is 414 g/mol. The van der Waals surface area contributed by atoms with Gasteiger partial charge >= 0.3 is 0 Å². The van der Waals surface area contributed by atoms with Crippen molar-refractivity contribution in [3.63, 3.8) is 0 Å². The van der Waals surface area contributed by atoms with Crippen LogP contribution in [-0.4, -0.2) is 17.9 Å². The molecule has 2 rings (SSSR count). The average Bonchev–Trinajstić information content (AvgIpc) is 2.36. The quantitative estimate of drug-likeness (QED) is 0.653. The smallest absolute Gasteiger partial charge is 0.256 e. The van der Waals surface area contributed by atoms with E-state index in [0.29, 0.717) is 11.4 Å². The van der Waals surface area contributed by atoms with Crippen LogP contribution in [0.15, 0.2) is 52.7 Å². The first kappa shape index (κ1) is 17.7. The van der Waals surface area contributed by atoms with E-state index in [4.69, 9.17) is 0 Å². The molecule has 0 N–H and O–H groups in total. The van der Waals surface area contributed by atoms with Gasteiger partial charge in [0.2, 0.25) is 0 Å². The van der Waals surface area contributed by atoms with E-state index < -0.39 is 6.43 Å². The Kier molecular flexibility index (Phi) is 6.76. The fourth-order valence-corrected chi connectivity index (χ4v) is 2.14. The molecule has 0 amide bonds. The van der Waals surface area contributed by atoms with E-state index in [0.717, 1.165) is 15.6 Å². The van der Waals surface area contributed by atoms with Gasteiger partial charge in [0.15, 0.2) is 0 Å². The maximum Gasteiger partial charge on any atom is 0.256 e. The Labute approximate surface area is 151 Å². The molecular formula is C15H13BrF2NY-. The predicted octanol–water partition coefficient (Wildman–Crippen LogP) is 4.63. The summed E-state index contributed by atoms with van der Waals surface area (Å²) < 4.78 is 26.4. The molecule has 103 valence electrons. The topological polar surface area (TPSA) is 3.24 Å². The number of rotatable bonds is 3. The van der Waals surface area contributed by atoms with Gasteiger partial charge in [-0.05, 0) is 5.70 Å². The molecule has 0 saturated heterocycles. The Bertz CT molecular complexity index is 549. The van der Waals surface area contributed by atoms with E-state index in [-0.39, 0.29) is 39.3 Å². The monoisotopic (exact) mass is 413 g/mol. The molecule has 1 nitrogen and oxygen atoms in total. The fraction of sp³-hybridized carbons (Fsp3) is 0.200. The molecular weight excluding hydrogens is 401 g/mol. The first-order valence-electron chi connectivity index (χ1n) is 5.80. The zero-order chi connectivity index (χ0) is 14.0. The van der Waals surface area contributed by atoms with Crippen molar-refractivity contribution in [1.29, 1.82) is 0 Å². The van der Waals surface area contributed by atoms with Crippen molar-refractivity contribution >= 4 is 21.6 Å². The molecule has 1 heterocycles. The number of hydrogen-bond acceptors (Lipinski definition) is 1. The number of allylic oxidation sites excluding steroid dienone is 3. The van der Waals surface area contributed by atoms with Crippen molar-refractivity contribution in [1.82, 2.24) is 4.90 Å². The van der Waals surface area contributed by atoms with E-state index in [1.165, 1.54) is 4.90 Å². The Hall–Kier alpha value is -0.316. The van der Waals surface area contributed by atoms with Crippen LogP contribution in [0.1, 0.15) is 12.5 Å². The van der Waals surface area contributed by atoms with Crippen molar-refractivity contribution in [3.05, 3.63) is 64.3 Å². The predicted molar refractivity (Wildman–Crippen MR) is 76.4 cm³/mol. The van der Waals surface area contributed by atoms with Gasteiger partial charge in [-0.3, -0.25) is 0 Å². The fourth-order valence-electron chi connectivity index (χ4n) is 1.87. The van der Waals surface area contributed by atoms with E-state index in [2.05, 4.69) is 28.6 Å². The first-order chi connectivity index (χ1) is 8.99. The summed E-state index contributed by atoms with van der Waals surface area (Å²) in [6, 6.07) is 7.48. The summed E-state index contributed by atoms with van der Waals surface area (Å²) in [6.07, 6.45) is 2.42. The van der Waals surface area contributed by atoms with Gasteiger partial charge in [0.25, 0.3) is 6.43 Å². The molecule has 0 atom stereocenters.